The molecule has 0 saturated carbocycles. The standard InChI is InChI=1S/C15H22O4/c1-11-10-18-15(19-14(11)4-3-9-16)12-5-7-13(17-2)8-6-12/h5-8,11,14-16H,3-4,9-10H2,1-2H3/t11-,14-,15-/m1/s1. The lowest BCUT2D eigenvalue weighted by atomic mass is 9.99. The molecule has 1 heterocycles. The van der Waals surface area contributed by atoms with Crippen LogP contribution in [-0.2, 0) is 9.47 Å². The Morgan fingerprint density at radius 1 is 1.32 bits per heavy atom. The maximum atomic E-state index is 8.92. The van der Waals surface area contributed by atoms with E-state index in [-0.39, 0.29) is 19.0 Å². The Hall–Kier alpha value is -1.10. The average Bonchev–Trinajstić information content (AvgIpc) is 2.46. The minimum absolute atomic E-state index is 0.146. The van der Waals surface area contributed by atoms with Crippen LogP contribution >= 0.6 is 0 Å². The second-order valence-corrected chi connectivity index (χ2v) is 4.96. The van der Waals surface area contributed by atoms with Gasteiger partial charge in [-0.2, -0.15) is 0 Å². The van der Waals surface area contributed by atoms with Gasteiger partial charge in [0.2, 0.25) is 0 Å². The number of hydrogen-bond donors (Lipinski definition) is 1. The van der Waals surface area contributed by atoms with Crippen molar-refractivity contribution < 1.29 is 19.3 Å². The molecule has 0 spiro atoms. The number of benzene rings is 1. The van der Waals surface area contributed by atoms with Gasteiger partial charge in [-0.05, 0) is 25.0 Å². The summed E-state index contributed by atoms with van der Waals surface area (Å²) in [5.74, 6) is 1.19. The Labute approximate surface area is 114 Å². The van der Waals surface area contributed by atoms with Crippen molar-refractivity contribution in [2.75, 3.05) is 20.3 Å². The summed E-state index contributed by atoms with van der Waals surface area (Å²) in [4.78, 5) is 0. The van der Waals surface area contributed by atoms with Crippen LogP contribution in [0.25, 0.3) is 0 Å². The van der Waals surface area contributed by atoms with Gasteiger partial charge in [-0.3, -0.25) is 0 Å². The van der Waals surface area contributed by atoms with E-state index in [9.17, 15) is 0 Å². The van der Waals surface area contributed by atoms with Crippen LogP contribution in [0.2, 0.25) is 0 Å². The van der Waals surface area contributed by atoms with Gasteiger partial charge in [-0.15, -0.1) is 0 Å². The minimum atomic E-state index is -0.314. The van der Waals surface area contributed by atoms with Gasteiger partial charge in [0.05, 0.1) is 19.8 Å². The highest BCUT2D eigenvalue weighted by Gasteiger charge is 2.29. The summed E-state index contributed by atoms with van der Waals surface area (Å²) in [7, 11) is 1.65. The number of aliphatic hydroxyl groups excluding tert-OH is 1. The number of aliphatic hydroxyl groups is 1. The predicted molar refractivity (Wildman–Crippen MR) is 72.0 cm³/mol. The zero-order valence-electron chi connectivity index (χ0n) is 11.5. The van der Waals surface area contributed by atoms with Crippen molar-refractivity contribution in [1.82, 2.24) is 0 Å². The molecule has 1 saturated heterocycles. The Bertz CT molecular complexity index is 376. The minimum Gasteiger partial charge on any atom is -0.497 e. The van der Waals surface area contributed by atoms with E-state index in [1.165, 1.54) is 0 Å². The molecule has 106 valence electrons. The van der Waals surface area contributed by atoms with Crippen molar-refractivity contribution in [3.63, 3.8) is 0 Å². The first-order valence-corrected chi connectivity index (χ1v) is 6.76. The van der Waals surface area contributed by atoms with Crippen LogP contribution in [0.1, 0.15) is 31.6 Å². The number of rotatable bonds is 5. The largest absolute Gasteiger partial charge is 0.497 e. The summed E-state index contributed by atoms with van der Waals surface area (Å²) >= 11 is 0. The fraction of sp³-hybridized carbons (Fsp3) is 0.600. The Morgan fingerprint density at radius 3 is 2.68 bits per heavy atom. The van der Waals surface area contributed by atoms with Crippen LogP contribution in [-0.4, -0.2) is 31.5 Å². The zero-order valence-corrected chi connectivity index (χ0v) is 11.5. The second-order valence-electron chi connectivity index (χ2n) is 4.96. The highest BCUT2D eigenvalue weighted by atomic mass is 16.7. The highest BCUT2D eigenvalue weighted by molar-refractivity contribution is 5.27. The van der Waals surface area contributed by atoms with Gasteiger partial charge >= 0.3 is 0 Å². The molecule has 1 N–H and O–H groups in total. The lowest BCUT2D eigenvalue weighted by molar-refractivity contribution is -0.240. The monoisotopic (exact) mass is 266 g/mol. The maximum absolute atomic E-state index is 8.92. The summed E-state index contributed by atoms with van der Waals surface area (Å²) < 4.78 is 16.9. The summed E-state index contributed by atoms with van der Waals surface area (Å²) in [6.07, 6.45) is 1.47. The van der Waals surface area contributed by atoms with Crippen LogP contribution in [0.5, 0.6) is 5.75 Å². The molecule has 0 unspecified atom stereocenters. The van der Waals surface area contributed by atoms with E-state index in [2.05, 4.69) is 6.92 Å². The molecule has 1 fully saturated rings. The van der Waals surface area contributed by atoms with Gasteiger partial charge in [0.15, 0.2) is 6.29 Å². The Kier molecular flexibility index (Phi) is 5.19. The van der Waals surface area contributed by atoms with Gasteiger partial charge < -0.3 is 19.3 Å². The molecular formula is C15H22O4. The number of hydrogen-bond acceptors (Lipinski definition) is 4. The van der Waals surface area contributed by atoms with Crippen molar-refractivity contribution in [2.24, 2.45) is 5.92 Å². The molecule has 19 heavy (non-hydrogen) atoms. The predicted octanol–water partition coefficient (Wildman–Crippen LogP) is 2.52. The normalized spacial score (nSPS) is 27.2. The summed E-state index contributed by atoms with van der Waals surface area (Å²) in [5.41, 5.74) is 1.00. The molecule has 0 aromatic heterocycles. The summed E-state index contributed by atoms with van der Waals surface area (Å²) in [6, 6.07) is 7.73. The zero-order chi connectivity index (χ0) is 13.7. The van der Waals surface area contributed by atoms with E-state index in [1.807, 2.05) is 24.3 Å². The lowest BCUT2D eigenvalue weighted by Crippen LogP contribution is -2.34. The third-order valence-corrected chi connectivity index (χ3v) is 3.48. The topological polar surface area (TPSA) is 47.9 Å². The van der Waals surface area contributed by atoms with Crippen LogP contribution in [0.15, 0.2) is 24.3 Å². The SMILES string of the molecule is COc1ccc([C@@H]2OC[C@@H](C)[C@@H](CCCO)O2)cc1. The average molecular weight is 266 g/mol. The second kappa shape index (κ2) is 6.89. The fourth-order valence-corrected chi connectivity index (χ4v) is 2.26. The molecule has 0 amide bonds. The molecule has 4 nitrogen and oxygen atoms in total. The van der Waals surface area contributed by atoms with Gasteiger partial charge in [0.25, 0.3) is 0 Å². The smallest absolute Gasteiger partial charge is 0.184 e. The summed E-state index contributed by atoms with van der Waals surface area (Å²) in [6.45, 7) is 3.01. The van der Waals surface area contributed by atoms with Crippen molar-refractivity contribution in [1.29, 1.82) is 0 Å². The van der Waals surface area contributed by atoms with Crippen LogP contribution in [0.4, 0.5) is 0 Å². The van der Waals surface area contributed by atoms with Crippen LogP contribution in [0.3, 0.4) is 0 Å². The molecule has 4 heteroatoms. The van der Waals surface area contributed by atoms with Crippen LogP contribution in [0, 0.1) is 5.92 Å². The van der Waals surface area contributed by atoms with E-state index in [4.69, 9.17) is 19.3 Å². The quantitative estimate of drug-likeness (QED) is 0.889. The van der Waals surface area contributed by atoms with E-state index in [1.54, 1.807) is 7.11 Å². The third kappa shape index (κ3) is 3.69. The van der Waals surface area contributed by atoms with Crippen molar-refractivity contribution in [3.8, 4) is 5.75 Å². The molecule has 1 aromatic carbocycles. The van der Waals surface area contributed by atoms with Gasteiger partial charge in [-0.25, -0.2) is 0 Å². The van der Waals surface area contributed by atoms with Gasteiger partial charge in [0, 0.05) is 18.1 Å². The van der Waals surface area contributed by atoms with Crippen molar-refractivity contribution >= 4 is 0 Å². The van der Waals surface area contributed by atoms with Gasteiger partial charge in [0.1, 0.15) is 5.75 Å². The first-order chi connectivity index (χ1) is 9.24. The first-order valence-electron chi connectivity index (χ1n) is 6.76. The molecule has 1 aliphatic rings. The molecule has 1 aromatic rings. The number of methoxy groups -OCH3 is 1. The molecule has 0 radical (unpaired) electrons. The molecule has 0 bridgehead atoms. The Morgan fingerprint density at radius 2 is 2.05 bits per heavy atom. The molecule has 1 aliphatic heterocycles. The summed E-state index contributed by atoms with van der Waals surface area (Å²) in [5, 5.41) is 8.92. The van der Waals surface area contributed by atoms with E-state index >= 15 is 0 Å². The molecular weight excluding hydrogens is 244 g/mol. The highest BCUT2D eigenvalue weighted by Crippen LogP contribution is 2.31. The van der Waals surface area contributed by atoms with E-state index in [0.29, 0.717) is 12.5 Å². The van der Waals surface area contributed by atoms with E-state index in [0.717, 1.165) is 24.2 Å². The van der Waals surface area contributed by atoms with E-state index < -0.39 is 0 Å². The molecule has 3 atom stereocenters. The van der Waals surface area contributed by atoms with Crippen molar-refractivity contribution in [2.45, 2.75) is 32.2 Å². The molecule has 0 aliphatic carbocycles. The van der Waals surface area contributed by atoms with Gasteiger partial charge in [-0.1, -0.05) is 19.1 Å². The molecule has 2 rings (SSSR count). The Balaban J connectivity index is 1.99. The number of ether oxygens (including phenoxy) is 3. The van der Waals surface area contributed by atoms with Crippen molar-refractivity contribution in [3.05, 3.63) is 29.8 Å². The third-order valence-electron chi connectivity index (χ3n) is 3.48. The van der Waals surface area contributed by atoms with Crippen LogP contribution < -0.4 is 4.74 Å². The fourth-order valence-electron chi connectivity index (χ4n) is 2.26. The maximum Gasteiger partial charge on any atom is 0.184 e. The lowest BCUT2D eigenvalue weighted by Gasteiger charge is -2.35. The first kappa shape index (κ1) is 14.3.